The molecule has 2 aliphatic rings. The number of aliphatic hydroxyl groups excluding tert-OH is 1. The van der Waals surface area contributed by atoms with Gasteiger partial charge in [0.1, 0.15) is 4.88 Å². The van der Waals surface area contributed by atoms with Crippen molar-refractivity contribution in [1.82, 2.24) is 9.88 Å². The van der Waals surface area contributed by atoms with Crippen LogP contribution in [0.25, 0.3) is 0 Å². The lowest BCUT2D eigenvalue weighted by molar-refractivity contribution is -0.174. The van der Waals surface area contributed by atoms with Crippen molar-refractivity contribution in [3.63, 3.8) is 0 Å². The Kier molecular flexibility index (Phi) is 3.79. The van der Waals surface area contributed by atoms with Gasteiger partial charge in [0.15, 0.2) is 0 Å². The van der Waals surface area contributed by atoms with Crippen LogP contribution in [0.15, 0.2) is 5.51 Å². The third-order valence-corrected chi connectivity index (χ3v) is 5.37. The van der Waals surface area contributed by atoms with Crippen LogP contribution < -0.4 is 0 Å². The molecule has 20 heavy (non-hydrogen) atoms. The average molecular weight is 296 g/mol. The SMILES string of the molecule is Cc1ncsc1C(=O)N1CCC2(CC1)OCCC[C@H]2O. The molecular weight excluding hydrogens is 276 g/mol. The van der Waals surface area contributed by atoms with Gasteiger partial charge in [0.25, 0.3) is 5.91 Å². The monoisotopic (exact) mass is 296 g/mol. The molecule has 0 radical (unpaired) electrons. The zero-order valence-electron chi connectivity index (χ0n) is 11.7. The first kappa shape index (κ1) is 14.0. The minimum Gasteiger partial charge on any atom is -0.390 e. The van der Waals surface area contributed by atoms with Crippen molar-refractivity contribution in [2.75, 3.05) is 19.7 Å². The maximum absolute atomic E-state index is 12.4. The molecule has 3 rings (SSSR count). The van der Waals surface area contributed by atoms with Crippen molar-refractivity contribution in [3.05, 3.63) is 16.1 Å². The summed E-state index contributed by atoms with van der Waals surface area (Å²) in [5.41, 5.74) is 2.09. The van der Waals surface area contributed by atoms with E-state index in [1.807, 2.05) is 11.8 Å². The van der Waals surface area contributed by atoms with Gasteiger partial charge in [-0.15, -0.1) is 11.3 Å². The van der Waals surface area contributed by atoms with E-state index >= 15 is 0 Å². The quantitative estimate of drug-likeness (QED) is 0.855. The van der Waals surface area contributed by atoms with Gasteiger partial charge in [0.05, 0.1) is 22.9 Å². The molecule has 6 heteroatoms. The summed E-state index contributed by atoms with van der Waals surface area (Å²) in [6, 6.07) is 0. The molecule has 2 aliphatic heterocycles. The van der Waals surface area contributed by atoms with Crippen LogP contribution in [0.2, 0.25) is 0 Å². The van der Waals surface area contributed by atoms with E-state index < -0.39 is 11.7 Å². The van der Waals surface area contributed by atoms with E-state index in [0.29, 0.717) is 13.1 Å². The van der Waals surface area contributed by atoms with Crippen molar-refractivity contribution < 1.29 is 14.6 Å². The fraction of sp³-hybridized carbons (Fsp3) is 0.714. The third kappa shape index (κ3) is 2.36. The van der Waals surface area contributed by atoms with E-state index in [1.54, 1.807) is 5.51 Å². The topological polar surface area (TPSA) is 62.7 Å². The lowest BCUT2D eigenvalue weighted by atomic mass is 9.82. The number of aliphatic hydroxyl groups is 1. The lowest BCUT2D eigenvalue weighted by Crippen LogP contribution is -2.56. The van der Waals surface area contributed by atoms with Gasteiger partial charge >= 0.3 is 0 Å². The van der Waals surface area contributed by atoms with Crippen LogP contribution in [0.5, 0.6) is 0 Å². The highest BCUT2D eigenvalue weighted by molar-refractivity contribution is 7.11. The van der Waals surface area contributed by atoms with Gasteiger partial charge in [-0.25, -0.2) is 4.98 Å². The first-order valence-electron chi connectivity index (χ1n) is 7.14. The Morgan fingerprint density at radius 2 is 2.30 bits per heavy atom. The number of ether oxygens (including phenoxy) is 1. The number of likely N-dealkylation sites (tertiary alicyclic amines) is 1. The second kappa shape index (κ2) is 5.42. The minimum atomic E-state index is -0.419. The first-order chi connectivity index (χ1) is 9.62. The largest absolute Gasteiger partial charge is 0.390 e. The van der Waals surface area contributed by atoms with E-state index in [1.165, 1.54) is 11.3 Å². The molecule has 1 amide bonds. The second-order valence-electron chi connectivity index (χ2n) is 5.63. The van der Waals surface area contributed by atoms with Crippen LogP contribution in [0.3, 0.4) is 0 Å². The Labute approximate surface area is 122 Å². The molecule has 1 atom stereocenters. The predicted octanol–water partition coefficient (Wildman–Crippen LogP) is 1.60. The first-order valence-corrected chi connectivity index (χ1v) is 8.02. The molecular formula is C14H20N2O3S. The summed E-state index contributed by atoms with van der Waals surface area (Å²) in [6.07, 6.45) is 2.78. The molecule has 1 aromatic heterocycles. The van der Waals surface area contributed by atoms with Crippen molar-refractivity contribution in [1.29, 1.82) is 0 Å². The van der Waals surface area contributed by atoms with Gasteiger partial charge in [-0.3, -0.25) is 4.79 Å². The number of hydrogen-bond acceptors (Lipinski definition) is 5. The minimum absolute atomic E-state index is 0.0603. The molecule has 1 aromatic rings. The summed E-state index contributed by atoms with van der Waals surface area (Å²) in [6.45, 7) is 3.88. The van der Waals surface area contributed by atoms with Crippen molar-refractivity contribution >= 4 is 17.2 Å². The predicted molar refractivity (Wildman–Crippen MR) is 75.9 cm³/mol. The van der Waals surface area contributed by atoms with E-state index in [4.69, 9.17) is 4.74 Å². The summed E-state index contributed by atoms with van der Waals surface area (Å²) < 4.78 is 5.86. The fourth-order valence-corrected chi connectivity index (χ4v) is 3.90. The number of rotatable bonds is 1. The highest BCUT2D eigenvalue weighted by atomic mass is 32.1. The molecule has 1 spiro atoms. The number of nitrogens with zero attached hydrogens (tertiary/aromatic N) is 2. The number of aryl methyl sites for hydroxylation is 1. The van der Waals surface area contributed by atoms with Gasteiger partial charge in [0.2, 0.25) is 0 Å². The third-order valence-electron chi connectivity index (χ3n) is 4.46. The maximum Gasteiger partial charge on any atom is 0.265 e. The highest BCUT2D eigenvalue weighted by Gasteiger charge is 2.44. The molecule has 110 valence electrons. The Balaban J connectivity index is 1.67. The zero-order chi connectivity index (χ0) is 14.2. The van der Waals surface area contributed by atoms with Crippen molar-refractivity contribution in [2.24, 2.45) is 0 Å². The number of hydrogen-bond donors (Lipinski definition) is 1. The maximum atomic E-state index is 12.4. The fourth-order valence-electron chi connectivity index (χ4n) is 3.13. The molecule has 0 unspecified atom stereocenters. The van der Waals surface area contributed by atoms with Crippen LogP contribution in [0.1, 0.15) is 41.0 Å². The summed E-state index contributed by atoms with van der Waals surface area (Å²) >= 11 is 1.40. The number of carbonyl (C=O) groups is 1. The summed E-state index contributed by atoms with van der Waals surface area (Å²) in [4.78, 5) is 19.1. The average Bonchev–Trinajstić information content (AvgIpc) is 2.89. The van der Waals surface area contributed by atoms with Gasteiger partial charge in [-0.05, 0) is 32.6 Å². The molecule has 1 N–H and O–H groups in total. The summed E-state index contributed by atoms with van der Waals surface area (Å²) in [7, 11) is 0. The molecule has 2 saturated heterocycles. The van der Waals surface area contributed by atoms with Gasteiger partial charge in [-0.2, -0.15) is 0 Å². The Morgan fingerprint density at radius 3 is 2.90 bits per heavy atom. The van der Waals surface area contributed by atoms with Gasteiger partial charge < -0.3 is 14.7 Å². The number of piperidine rings is 1. The smallest absolute Gasteiger partial charge is 0.265 e. The molecule has 0 aromatic carbocycles. The highest BCUT2D eigenvalue weighted by Crippen LogP contribution is 2.35. The van der Waals surface area contributed by atoms with E-state index in [-0.39, 0.29) is 5.91 Å². The Bertz CT molecular complexity index is 494. The molecule has 5 nitrogen and oxygen atoms in total. The molecule has 3 heterocycles. The van der Waals surface area contributed by atoms with Crippen LogP contribution in [-0.2, 0) is 4.74 Å². The van der Waals surface area contributed by atoms with E-state index in [2.05, 4.69) is 4.98 Å². The van der Waals surface area contributed by atoms with Crippen molar-refractivity contribution in [2.45, 2.75) is 44.3 Å². The van der Waals surface area contributed by atoms with Crippen LogP contribution in [0.4, 0.5) is 0 Å². The van der Waals surface area contributed by atoms with Crippen LogP contribution in [0, 0.1) is 6.92 Å². The van der Waals surface area contributed by atoms with Crippen LogP contribution >= 0.6 is 11.3 Å². The van der Waals surface area contributed by atoms with E-state index in [0.717, 1.165) is 42.9 Å². The Hall–Kier alpha value is -0.980. The normalized spacial score (nSPS) is 25.9. The molecule has 2 fully saturated rings. The number of carbonyl (C=O) groups excluding carboxylic acids is 1. The van der Waals surface area contributed by atoms with Crippen LogP contribution in [-0.4, -0.2) is 52.3 Å². The van der Waals surface area contributed by atoms with Gasteiger partial charge in [-0.1, -0.05) is 0 Å². The number of thiazole rings is 1. The summed E-state index contributed by atoms with van der Waals surface area (Å²) in [5.74, 6) is 0.0603. The van der Waals surface area contributed by atoms with Crippen molar-refractivity contribution in [3.8, 4) is 0 Å². The standard InChI is InChI=1S/C14H20N2O3S/c1-10-12(20-9-15-10)13(18)16-6-4-14(5-7-16)11(17)3-2-8-19-14/h9,11,17H,2-8H2,1H3/t11-/m1/s1. The molecule has 0 saturated carbocycles. The zero-order valence-corrected chi connectivity index (χ0v) is 12.5. The van der Waals surface area contributed by atoms with Gasteiger partial charge in [0, 0.05) is 19.7 Å². The second-order valence-corrected chi connectivity index (χ2v) is 6.49. The lowest BCUT2D eigenvalue weighted by Gasteiger charge is -2.46. The number of aromatic nitrogens is 1. The summed E-state index contributed by atoms with van der Waals surface area (Å²) in [5, 5.41) is 10.2. The Morgan fingerprint density at radius 1 is 1.55 bits per heavy atom. The van der Waals surface area contributed by atoms with E-state index in [9.17, 15) is 9.90 Å². The molecule has 0 aliphatic carbocycles. The molecule has 0 bridgehead atoms. The number of amides is 1.